The van der Waals surface area contributed by atoms with Crippen molar-refractivity contribution in [2.45, 2.75) is 20.4 Å². The summed E-state index contributed by atoms with van der Waals surface area (Å²) in [4.78, 5) is 37.5. The molecule has 10 heteroatoms. The SMILES string of the molecule is COc1c(C)c(Cn2c(=O)[nH]c3c(Cl)nc(N)nc32)[nH]c(=O)c1C. The molecule has 9 nitrogen and oxygen atoms in total. The summed E-state index contributed by atoms with van der Waals surface area (Å²) < 4.78 is 6.62. The molecule has 24 heavy (non-hydrogen) atoms. The molecule has 126 valence electrons. The highest BCUT2D eigenvalue weighted by Crippen LogP contribution is 2.23. The van der Waals surface area contributed by atoms with Gasteiger partial charge >= 0.3 is 5.69 Å². The molecule has 0 saturated carbocycles. The molecule has 0 bridgehead atoms. The number of pyridine rings is 1. The number of nitrogens with one attached hydrogen (secondary N) is 2. The molecule has 0 aliphatic rings. The van der Waals surface area contributed by atoms with Gasteiger partial charge in [-0.05, 0) is 13.8 Å². The van der Waals surface area contributed by atoms with Crippen molar-refractivity contribution in [2.75, 3.05) is 12.8 Å². The highest BCUT2D eigenvalue weighted by molar-refractivity contribution is 6.33. The molecule has 4 N–H and O–H groups in total. The molecular formula is C14H15ClN6O3. The van der Waals surface area contributed by atoms with Crippen molar-refractivity contribution < 1.29 is 4.74 Å². The molecule has 0 aliphatic carbocycles. The molecule has 0 fully saturated rings. The van der Waals surface area contributed by atoms with Gasteiger partial charge in [-0.2, -0.15) is 9.97 Å². The number of imidazole rings is 1. The highest BCUT2D eigenvalue weighted by Gasteiger charge is 2.17. The van der Waals surface area contributed by atoms with Gasteiger partial charge in [0.2, 0.25) is 5.95 Å². The van der Waals surface area contributed by atoms with Gasteiger partial charge in [0, 0.05) is 11.3 Å². The fourth-order valence-electron chi connectivity index (χ4n) is 2.63. The molecule has 3 aromatic heterocycles. The second kappa shape index (κ2) is 5.68. The van der Waals surface area contributed by atoms with Gasteiger partial charge in [-0.1, -0.05) is 11.6 Å². The lowest BCUT2D eigenvalue weighted by atomic mass is 10.1. The van der Waals surface area contributed by atoms with Crippen LogP contribution in [-0.4, -0.2) is 31.6 Å². The molecular weight excluding hydrogens is 336 g/mol. The number of fused-ring (bicyclic) bond motifs is 1. The second-order valence-corrected chi connectivity index (χ2v) is 5.66. The Bertz CT molecular complexity index is 1070. The maximum absolute atomic E-state index is 12.2. The maximum Gasteiger partial charge on any atom is 0.328 e. The van der Waals surface area contributed by atoms with Gasteiger partial charge in [-0.15, -0.1) is 0 Å². The Morgan fingerprint density at radius 2 is 1.92 bits per heavy atom. The number of nitrogen functional groups attached to an aromatic ring is 1. The van der Waals surface area contributed by atoms with Crippen LogP contribution in [0.1, 0.15) is 16.8 Å². The minimum absolute atomic E-state index is 0.0491. The molecule has 0 saturated heterocycles. The first-order valence-corrected chi connectivity index (χ1v) is 7.39. The molecule has 0 atom stereocenters. The second-order valence-electron chi connectivity index (χ2n) is 5.30. The zero-order chi connectivity index (χ0) is 17.6. The molecule has 0 spiro atoms. The molecule has 0 amide bonds. The Balaban J connectivity index is 2.22. The van der Waals surface area contributed by atoms with Crippen molar-refractivity contribution in [3.05, 3.63) is 42.8 Å². The normalized spacial score (nSPS) is 11.2. The minimum atomic E-state index is -0.438. The van der Waals surface area contributed by atoms with Crippen LogP contribution in [0.4, 0.5) is 5.95 Å². The summed E-state index contributed by atoms with van der Waals surface area (Å²) in [6.07, 6.45) is 0. The Kier molecular flexibility index (Phi) is 3.80. The maximum atomic E-state index is 12.2. The zero-order valence-electron chi connectivity index (χ0n) is 13.2. The Morgan fingerprint density at radius 1 is 1.21 bits per heavy atom. The third kappa shape index (κ3) is 2.42. The first-order valence-electron chi connectivity index (χ1n) is 7.01. The lowest BCUT2D eigenvalue weighted by Crippen LogP contribution is -2.22. The van der Waals surface area contributed by atoms with E-state index in [-0.39, 0.29) is 34.4 Å². The van der Waals surface area contributed by atoms with Crippen LogP contribution in [0.5, 0.6) is 5.75 Å². The van der Waals surface area contributed by atoms with Crippen molar-refractivity contribution >= 4 is 28.7 Å². The number of aromatic nitrogens is 5. The Hall–Kier alpha value is -2.81. The van der Waals surface area contributed by atoms with E-state index in [1.165, 1.54) is 11.7 Å². The topological polar surface area (TPSA) is 132 Å². The van der Waals surface area contributed by atoms with Crippen LogP contribution in [0.3, 0.4) is 0 Å². The molecule has 3 heterocycles. The van der Waals surface area contributed by atoms with Crippen LogP contribution in [0, 0.1) is 13.8 Å². The number of nitrogens with two attached hydrogens (primary N) is 1. The van der Waals surface area contributed by atoms with E-state index in [9.17, 15) is 9.59 Å². The van der Waals surface area contributed by atoms with Crippen molar-refractivity contribution in [3.8, 4) is 5.75 Å². The molecule has 3 rings (SSSR count). The largest absolute Gasteiger partial charge is 0.496 e. The Labute approximate surface area is 140 Å². The number of hydrogen-bond donors (Lipinski definition) is 3. The average Bonchev–Trinajstić information content (AvgIpc) is 2.82. The van der Waals surface area contributed by atoms with E-state index in [0.29, 0.717) is 17.0 Å². The first-order chi connectivity index (χ1) is 11.3. The van der Waals surface area contributed by atoms with Gasteiger partial charge in [0.25, 0.3) is 5.56 Å². The third-order valence-electron chi connectivity index (χ3n) is 3.86. The lowest BCUT2D eigenvalue weighted by molar-refractivity contribution is 0.405. The lowest BCUT2D eigenvalue weighted by Gasteiger charge is -2.13. The number of H-pyrrole nitrogens is 2. The zero-order valence-corrected chi connectivity index (χ0v) is 14.0. The summed E-state index contributed by atoms with van der Waals surface area (Å²) in [6.45, 7) is 3.54. The summed E-state index contributed by atoms with van der Waals surface area (Å²) in [5.41, 5.74) is 7.15. The summed E-state index contributed by atoms with van der Waals surface area (Å²) in [7, 11) is 1.49. The Morgan fingerprint density at radius 3 is 2.58 bits per heavy atom. The van der Waals surface area contributed by atoms with Crippen LogP contribution in [-0.2, 0) is 6.54 Å². The van der Waals surface area contributed by atoms with Crippen LogP contribution in [0.25, 0.3) is 11.2 Å². The van der Waals surface area contributed by atoms with E-state index in [2.05, 4.69) is 19.9 Å². The van der Waals surface area contributed by atoms with Gasteiger partial charge in [0.15, 0.2) is 10.8 Å². The molecule has 0 unspecified atom stereocenters. The van der Waals surface area contributed by atoms with E-state index < -0.39 is 5.69 Å². The van der Waals surface area contributed by atoms with Crippen molar-refractivity contribution in [1.82, 2.24) is 24.5 Å². The predicted molar refractivity (Wildman–Crippen MR) is 89.8 cm³/mol. The van der Waals surface area contributed by atoms with E-state index in [1.54, 1.807) is 13.8 Å². The number of rotatable bonds is 3. The monoisotopic (exact) mass is 350 g/mol. The number of aromatic amines is 2. The van der Waals surface area contributed by atoms with Gasteiger partial charge in [-0.3, -0.25) is 9.36 Å². The predicted octanol–water partition coefficient (Wildman–Crippen LogP) is 0.717. The van der Waals surface area contributed by atoms with E-state index in [1.807, 2.05) is 0 Å². The summed E-state index contributed by atoms with van der Waals surface area (Å²) in [5, 5.41) is 0.0556. The van der Waals surface area contributed by atoms with Crippen LogP contribution >= 0.6 is 11.6 Å². The first kappa shape index (κ1) is 16.1. The van der Waals surface area contributed by atoms with Crippen molar-refractivity contribution in [1.29, 1.82) is 0 Å². The summed E-state index contributed by atoms with van der Waals surface area (Å²) in [5.74, 6) is 0.431. The molecule has 0 aromatic carbocycles. The third-order valence-corrected chi connectivity index (χ3v) is 4.13. The van der Waals surface area contributed by atoms with Crippen molar-refractivity contribution in [2.24, 2.45) is 0 Å². The smallest absolute Gasteiger partial charge is 0.328 e. The van der Waals surface area contributed by atoms with Crippen LogP contribution in [0.2, 0.25) is 5.15 Å². The summed E-state index contributed by atoms with van der Waals surface area (Å²) in [6, 6.07) is 0. The number of methoxy groups -OCH3 is 1. The van der Waals surface area contributed by atoms with Crippen molar-refractivity contribution in [3.63, 3.8) is 0 Å². The number of anilines is 1. The van der Waals surface area contributed by atoms with Crippen LogP contribution in [0.15, 0.2) is 9.59 Å². The van der Waals surface area contributed by atoms with Gasteiger partial charge in [0.05, 0.1) is 19.2 Å². The molecule has 0 aliphatic heterocycles. The quantitative estimate of drug-likeness (QED) is 0.596. The van der Waals surface area contributed by atoms with E-state index in [0.717, 1.165) is 5.56 Å². The number of nitrogens with zero attached hydrogens (tertiary/aromatic N) is 3. The number of ether oxygens (including phenoxy) is 1. The summed E-state index contributed by atoms with van der Waals surface area (Å²) >= 11 is 5.98. The number of halogens is 1. The minimum Gasteiger partial charge on any atom is -0.496 e. The molecule has 3 aromatic rings. The fourth-order valence-corrected chi connectivity index (χ4v) is 2.84. The average molecular weight is 351 g/mol. The van der Waals surface area contributed by atoms with Crippen LogP contribution < -0.4 is 21.7 Å². The standard InChI is InChI=1S/C14H15ClN6O3/c1-5-7(17-12(22)6(2)9(5)24-3)4-21-11-8(18-14(21)23)10(15)19-13(16)20-11/h4H2,1-3H3,(H,17,22)(H,18,23)(H2,16,19,20). The fraction of sp³-hybridized carbons (Fsp3) is 0.286. The van der Waals surface area contributed by atoms with E-state index in [4.69, 9.17) is 22.1 Å². The number of hydrogen-bond acceptors (Lipinski definition) is 6. The van der Waals surface area contributed by atoms with Gasteiger partial charge in [0.1, 0.15) is 11.3 Å². The molecule has 0 radical (unpaired) electrons. The highest BCUT2D eigenvalue weighted by atomic mass is 35.5. The van der Waals surface area contributed by atoms with Gasteiger partial charge in [-0.25, -0.2) is 4.79 Å². The van der Waals surface area contributed by atoms with Gasteiger partial charge < -0.3 is 20.4 Å². The van der Waals surface area contributed by atoms with E-state index >= 15 is 0 Å².